The Morgan fingerprint density at radius 2 is 2.21 bits per heavy atom. The minimum Gasteiger partial charge on any atom is -0.497 e. The molecule has 24 heavy (non-hydrogen) atoms. The van der Waals surface area contributed by atoms with Gasteiger partial charge in [0.05, 0.1) is 12.8 Å². The molecule has 2 aromatic heterocycles. The van der Waals surface area contributed by atoms with Crippen LogP contribution >= 0.6 is 0 Å². The van der Waals surface area contributed by atoms with E-state index in [1.165, 1.54) is 0 Å². The van der Waals surface area contributed by atoms with Gasteiger partial charge in [0, 0.05) is 41.8 Å². The van der Waals surface area contributed by atoms with E-state index in [0.29, 0.717) is 18.2 Å². The smallest absolute Gasteiger partial charge is 0.268 e. The number of nitrogens with zero attached hydrogens (tertiary/aromatic N) is 2. The summed E-state index contributed by atoms with van der Waals surface area (Å²) < 4.78 is 5.22. The lowest BCUT2D eigenvalue weighted by atomic mass is 10.1. The number of aromatic nitrogens is 3. The van der Waals surface area contributed by atoms with Gasteiger partial charge in [-0.05, 0) is 18.2 Å². The number of carbonyl (C=O) groups is 1. The third-order valence-corrected chi connectivity index (χ3v) is 3.86. The van der Waals surface area contributed by atoms with Crippen LogP contribution in [-0.4, -0.2) is 28.0 Å². The maximum absolute atomic E-state index is 12.1. The van der Waals surface area contributed by atoms with E-state index in [2.05, 4.69) is 25.6 Å². The second kappa shape index (κ2) is 5.69. The van der Waals surface area contributed by atoms with E-state index in [9.17, 15) is 4.79 Å². The predicted molar refractivity (Wildman–Crippen MR) is 89.3 cm³/mol. The number of H-pyrrole nitrogens is 1. The highest BCUT2D eigenvalue weighted by atomic mass is 16.5. The Morgan fingerprint density at radius 1 is 1.29 bits per heavy atom. The van der Waals surface area contributed by atoms with Crippen LogP contribution < -0.4 is 15.4 Å². The monoisotopic (exact) mass is 321 g/mol. The number of aromatic amines is 1. The Kier molecular flexibility index (Phi) is 3.38. The van der Waals surface area contributed by atoms with Crippen LogP contribution in [0.5, 0.6) is 5.75 Å². The summed E-state index contributed by atoms with van der Waals surface area (Å²) in [5, 5.41) is 6.01. The third kappa shape index (κ3) is 2.45. The number of methoxy groups -OCH3 is 1. The van der Waals surface area contributed by atoms with Gasteiger partial charge >= 0.3 is 0 Å². The van der Waals surface area contributed by atoms with Crippen molar-refractivity contribution < 1.29 is 9.53 Å². The SMILES string of the molecule is COc1cccc(Nc2ncc3c(n2)-c2cc[nH]c2C(=O)NC3)c1. The van der Waals surface area contributed by atoms with E-state index >= 15 is 0 Å². The van der Waals surface area contributed by atoms with Crippen molar-refractivity contribution in [2.75, 3.05) is 12.4 Å². The molecule has 1 aromatic carbocycles. The zero-order valence-corrected chi connectivity index (χ0v) is 13.0. The number of rotatable bonds is 3. The lowest BCUT2D eigenvalue weighted by Gasteiger charge is -2.10. The molecule has 120 valence electrons. The lowest BCUT2D eigenvalue weighted by Crippen LogP contribution is -2.21. The quantitative estimate of drug-likeness (QED) is 0.689. The summed E-state index contributed by atoms with van der Waals surface area (Å²) in [6.45, 7) is 0.399. The number of fused-ring (bicyclic) bond motifs is 3. The van der Waals surface area contributed by atoms with E-state index in [1.54, 1.807) is 19.5 Å². The number of hydrogen-bond donors (Lipinski definition) is 3. The highest BCUT2D eigenvalue weighted by molar-refractivity contribution is 6.00. The van der Waals surface area contributed by atoms with Crippen LogP contribution in [0, 0.1) is 0 Å². The first-order valence-electron chi connectivity index (χ1n) is 7.47. The highest BCUT2D eigenvalue weighted by Crippen LogP contribution is 2.28. The number of nitrogens with one attached hydrogen (secondary N) is 3. The molecule has 1 aliphatic heterocycles. The van der Waals surface area contributed by atoms with Crippen molar-refractivity contribution in [3.8, 4) is 17.0 Å². The van der Waals surface area contributed by atoms with Crippen LogP contribution in [0.2, 0.25) is 0 Å². The first-order chi connectivity index (χ1) is 11.7. The molecule has 0 atom stereocenters. The van der Waals surface area contributed by atoms with Crippen LogP contribution in [0.4, 0.5) is 11.6 Å². The Labute approximate surface area is 138 Å². The molecule has 0 unspecified atom stereocenters. The zero-order chi connectivity index (χ0) is 16.5. The zero-order valence-electron chi connectivity index (χ0n) is 13.0. The van der Waals surface area contributed by atoms with E-state index in [4.69, 9.17) is 4.74 Å². The van der Waals surface area contributed by atoms with Crippen molar-refractivity contribution in [2.45, 2.75) is 6.54 Å². The molecule has 3 aromatic rings. The van der Waals surface area contributed by atoms with Crippen LogP contribution in [0.1, 0.15) is 16.1 Å². The summed E-state index contributed by atoms with van der Waals surface area (Å²) in [4.78, 5) is 24.0. The van der Waals surface area contributed by atoms with Crippen LogP contribution in [0.25, 0.3) is 11.3 Å². The number of amides is 1. The molecular weight excluding hydrogens is 306 g/mol. The van der Waals surface area contributed by atoms with Crippen molar-refractivity contribution in [3.63, 3.8) is 0 Å². The summed E-state index contributed by atoms with van der Waals surface area (Å²) in [6, 6.07) is 9.37. The predicted octanol–water partition coefficient (Wildman–Crippen LogP) is 2.47. The molecule has 7 nitrogen and oxygen atoms in total. The second-order valence-corrected chi connectivity index (χ2v) is 5.37. The molecule has 0 fully saturated rings. The molecule has 0 bridgehead atoms. The number of hydrogen-bond acceptors (Lipinski definition) is 5. The summed E-state index contributed by atoms with van der Waals surface area (Å²) in [7, 11) is 1.62. The summed E-state index contributed by atoms with van der Waals surface area (Å²) in [5.74, 6) is 1.07. The van der Waals surface area contributed by atoms with Gasteiger partial charge in [-0.2, -0.15) is 0 Å². The van der Waals surface area contributed by atoms with E-state index < -0.39 is 0 Å². The Bertz CT molecular complexity index is 919. The standard InChI is InChI=1S/C17H15N5O2/c1-24-12-4-2-3-11(7-12)21-17-20-9-10-8-19-16(23)15-13(5-6-18-15)14(10)22-17/h2-7,9,18H,8H2,1H3,(H,19,23)(H,20,21,22). The molecule has 1 amide bonds. The van der Waals surface area contributed by atoms with Gasteiger partial charge < -0.3 is 20.4 Å². The summed E-state index contributed by atoms with van der Waals surface area (Å²) in [6.07, 6.45) is 3.46. The molecule has 7 heteroatoms. The van der Waals surface area contributed by atoms with Crippen molar-refractivity contribution in [3.05, 3.63) is 54.0 Å². The van der Waals surface area contributed by atoms with Gasteiger partial charge in [0.2, 0.25) is 5.95 Å². The fraction of sp³-hybridized carbons (Fsp3) is 0.118. The third-order valence-electron chi connectivity index (χ3n) is 3.86. The second-order valence-electron chi connectivity index (χ2n) is 5.37. The van der Waals surface area contributed by atoms with Gasteiger partial charge in [-0.25, -0.2) is 9.97 Å². The minimum absolute atomic E-state index is 0.143. The number of benzene rings is 1. The van der Waals surface area contributed by atoms with E-state index in [-0.39, 0.29) is 5.91 Å². The van der Waals surface area contributed by atoms with Crippen molar-refractivity contribution in [1.29, 1.82) is 0 Å². The van der Waals surface area contributed by atoms with E-state index in [1.807, 2.05) is 30.3 Å². The molecule has 3 N–H and O–H groups in total. The van der Waals surface area contributed by atoms with Gasteiger partial charge in [0.25, 0.3) is 5.91 Å². The molecule has 0 aliphatic carbocycles. The van der Waals surface area contributed by atoms with Gasteiger partial charge in [0.15, 0.2) is 0 Å². The van der Waals surface area contributed by atoms with Crippen molar-refractivity contribution in [2.24, 2.45) is 0 Å². The molecule has 4 rings (SSSR count). The summed E-state index contributed by atoms with van der Waals surface area (Å²) in [5.41, 5.74) is 3.73. The number of anilines is 2. The fourth-order valence-corrected chi connectivity index (χ4v) is 2.68. The Balaban J connectivity index is 1.72. The van der Waals surface area contributed by atoms with Crippen LogP contribution in [0.3, 0.4) is 0 Å². The van der Waals surface area contributed by atoms with Gasteiger partial charge in [-0.3, -0.25) is 4.79 Å². The van der Waals surface area contributed by atoms with Crippen LogP contribution in [-0.2, 0) is 6.54 Å². The first kappa shape index (κ1) is 14.3. The molecule has 0 saturated heterocycles. The average molecular weight is 321 g/mol. The molecule has 0 spiro atoms. The largest absolute Gasteiger partial charge is 0.497 e. The number of carbonyl (C=O) groups excluding carboxylic acids is 1. The maximum Gasteiger partial charge on any atom is 0.268 e. The Morgan fingerprint density at radius 3 is 3.08 bits per heavy atom. The Hall–Kier alpha value is -3.35. The molecule has 0 saturated carbocycles. The molecular formula is C17H15N5O2. The van der Waals surface area contributed by atoms with Crippen molar-refractivity contribution in [1.82, 2.24) is 20.3 Å². The topological polar surface area (TPSA) is 91.9 Å². The highest BCUT2D eigenvalue weighted by Gasteiger charge is 2.22. The fourth-order valence-electron chi connectivity index (χ4n) is 2.68. The van der Waals surface area contributed by atoms with Gasteiger partial charge in [-0.1, -0.05) is 6.07 Å². The van der Waals surface area contributed by atoms with Gasteiger partial charge in [0.1, 0.15) is 11.4 Å². The molecule has 0 radical (unpaired) electrons. The lowest BCUT2D eigenvalue weighted by molar-refractivity contribution is 0.0948. The van der Waals surface area contributed by atoms with Crippen LogP contribution in [0.15, 0.2) is 42.7 Å². The maximum atomic E-state index is 12.1. The summed E-state index contributed by atoms with van der Waals surface area (Å²) >= 11 is 0. The molecule has 3 heterocycles. The number of ether oxygens (including phenoxy) is 1. The molecule has 1 aliphatic rings. The van der Waals surface area contributed by atoms with Gasteiger partial charge in [-0.15, -0.1) is 0 Å². The van der Waals surface area contributed by atoms with E-state index in [0.717, 1.165) is 28.3 Å². The minimum atomic E-state index is -0.143. The first-order valence-corrected chi connectivity index (χ1v) is 7.47. The average Bonchev–Trinajstić information content (AvgIpc) is 3.05. The van der Waals surface area contributed by atoms with Crippen molar-refractivity contribution >= 4 is 17.5 Å². The normalized spacial score (nSPS) is 12.6.